The molecule has 0 saturated carbocycles. The van der Waals surface area contributed by atoms with E-state index < -0.39 is 0 Å². The van der Waals surface area contributed by atoms with E-state index in [0.29, 0.717) is 22.1 Å². The van der Waals surface area contributed by atoms with Crippen molar-refractivity contribution in [3.63, 3.8) is 0 Å². The van der Waals surface area contributed by atoms with Crippen molar-refractivity contribution in [1.29, 1.82) is 0 Å². The smallest absolute Gasteiger partial charge is 0.251 e. The normalized spacial score (nSPS) is 10.6. The number of rotatable bonds is 7. The number of hydrogen-bond donors (Lipinski definition) is 4. The highest BCUT2D eigenvalue weighted by atomic mass is 32.1. The molecule has 0 aliphatic rings. The van der Waals surface area contributed by atoms with Gasteiger partial charge in [-0.3, -0.25) is 14.6 Å². The summed E-state index contributed by atoms with van der Waals surface area (Å²) in [6.07, 6.45) is 1.66. The van der Waals surface area contributed by atoms with Gasteiger partial charge in [0.15, 0.2) is 5.13 Å². The molecule has 0 atom stereocenters. The second kappa shape index (κ2) is 10.0. The third-order valence-electron chi connectivity index (χ3n) is 4.80. The zero-order valence-corrected chi connectivity index (χ0v) is 18.3. The van der Waals surface area contributed by atoms with E-state index >= 15 is 0 Å². The van der Waals surface area contributed by atoms with E-state index in [4.69, 9.17) is 5.73 Å². The second-order valence-electron chi connectivity index (χ2n) is 7.17. The summed E-state index contributed by atoms with van der Waals surface area (Å²) in [6.45, 7) is -0.300. The van der Waals surface area contributed by atoms with Gasteiger partial charge in [0, 0.05) is 28.4 Å². The van der Waals surface area contributed by atoms with E-state index in [1.807, 2.05) is 41.8 Å². The first-order valence-corrected chi connectivity index (χ1v) is 11.0. The van der Waals surface area contributed by atoms with Crippen molar-refractivity contribution in [3.05, 3.63) is 83.5 Å². The van der Waals surface area contributed by atoms with Gasteiger partial charge in [0.2, 0.25) is 5.91 Å². The van der Waals surface area contributed by atoms with Crippen molar-refractivity contribution in [1.82, 2.24) is 15.3 Å². The van der Waals surface area contributed by atoms with Crippen LogP contribution in [0.3, 0.4) is 0 Å². The summed E-state index contributed by atoms with van der Waals surface area (Å²) >= 11 is 1.30. The average Bonchev–Trinajstić information content (AvgIpc) is 3.31. The number of aromatic nitrogens is 2. The van der Waals surface area contributed by atoms with Crippen LogP contribution in [-0.4, -0.2) is 33.4 Å². The minimum Gasteiger partial charge on any atom is -0.399 e. The number of aliphatic hydroxyl groups excluding tert-OH is 1. The number of nitrogens with one attached hydrogen (secondary N) is 2. The van der Waals surface area contributed by atoms with Crippen LogP contribution in [0.5, 0.6) is 0 Å². The Morgan fingerprint density at radius 1 is 1.00 bits per heavy atom. The fourth-order valence-electron chi connectivity index (χ4n) is 3.13. The summed E-state index contributed by atoms with van der Waals surface area (Å²) in [5.74, 6) is -0.732. The molecule has 2 heterocycles. The fraction of sp³-hybridized carbons (Fsp3) is 0.0833. The predicted octanol–water partition coefficient (Wildman–Crippen LogP) is 3.32. The Morgan fingerprint density at radius 3 is 2.55 bits per heavy atom. The first-order valence-electron chi connectivity index (χ1n) is 10.1. The quantitative estimate of drug-likeness (QED) is 0.314. The number of anilines is 2. The average molecular weight is 460 g/mol. The Balaban J connectivity index is 1.39. The lowest BCUT2D eigenvalue weighted by Gasteiger charge is -2.06. The van der Waals surface area contributed by atoms with Crippen LogP contribution >= 0.6 is 11.3 Å². The zero-order chi connectivity index (χ0) is 23.2. The predicted molar refractivity (Wildman–Crippen MR) is 129 cm³/mol. The highest BCUT2D eigenvalue weighted by molar-refractivity contribution is 7.14. The molecule has 2 aromatic heterocycles. The molecule has 0 aliphatic heterocycles. The van der Waals surface area contributed by atoms with Crippen molar-refractivity contribution >= 4 is 34.0 Å². The SMILES string of the molecule is Nc1ccc(C(=O)NCC(=O)Nc2nc(-c3cccc(-c4ccnc(CO)c4)c3)cs2)cc1. The Hall–Kier alpha value is -4.08. The molecule has 4 aromatic rings. The van der Waals surface area contributed by atoms with Crippen molar-refractivity contribution in [2.45, 2.75) is 6.61 Å². The number of carbonyl (C=O) groups is 2. The van der Waals surface area contributed by atoms with E-state index in [0.717, 1.165) is 22.4 Å². The molecule has 33 heavy (non-hydrogen) atoms. The van der Waals surface area contributed by atoms with Crippen LogP contribution in [0.2, 0.25) is 0 Å². The molecule has 0 spiro atoms. The number of aliphatic hydroxyl groups is 1. The van der Waals surface area contributed by atoms with Gasteiger partial charge in [-0.1, -0.05) is 18.2 Å². The Morgan fingerprint density at radius 2 is 1.76 bits per heavy atom. The molecule has 8 nitrogen and oxygen atoms in total. The lowest BCUT2D eigenvalue weighted by Crippen LogP contribution is -2.32. The molecule has 2 aromatic carbocycles. The summed E-state index contributed by atoms with van der Waals surface area (Å²) in [7, 11) is 0. The fourth-order valence-corrected chi connectivity index (χ4v) is 3.86. The van der Waals surface area contributed by atoms with Crippen molar-refractivity contribution in [2.24, 2.45) is 0 Å². The number of nitrogen functional groups attached to an aromatic ring is 1. The molecule has 2 amide bonds. The highest BCUT2D eigenvalue weighted by Crippen LogP contribution is 2.29. The first-order chi connectivity index (χ1) is 16.0. The van der Waals surface area contributed by atoms with E-state index in [9.17, 15) is 14.7 Å². The molecule has 0 aliphatic carbocycles. The van der Waals surface area contributed by atoms with Gasteiger partial charge in [0.1, 0.15) is 0 Å². The van der Waals surface area contributed by atoms with Gasteiger partial charge >= 0.3 is 0 Å². The zero-order valence-electron chi connectivity index (χ0n) is 17.5. The van der Waals surface area contributed by atoms with Crippen LogP contribution in [0, 0.1) is 0 Å². The first kappa shape index (κ1) is 22.1. The minimum atomic E-state index is -0.373. The molecule has 166 valence electrons. The molecule has 0 fully saturated rings. The van der Waals surface area contributed by atoms with Gasteiger partial charge in [-0.2, -0.15) is 0 Å². The number of benzene rings is 2. The molecular weight excluding hydrogens is 438 g/mol. The topological polar surface area (TPSA) is 130 Å². The van der Waals surface area contributed by atoms with Crippen LogP contribution < -0.4 is 16.4 Å². The number of amides is 2. The molecule has 5 N–H and O–H groups in total. The van der Waals surface area contributed by atoms with Crippen LogP contribution in [0.25, 0.3) is 22.4 Å². The summed E-state index contributed by atoms with van der Waals surface area (Å²) in [6, 6.07) is 18.0. The van der Waals surface area contributed by atoms with E-state index in [2.05, 4.69) is 20.6 Å². The minimum absolute atomic E-state index is 0.122. The Kier molecular flexibility index (Phi) is 6.72. The third kappa shape index (κ3) is 5.59. The maximum Gasteiger partial charge on any atom is 0.251 e. The summed E-state index contributed by atoms with van der Waals surface area (Å²) < 4.78 is 0. The number of thiazole rings is 1. The van der Waals surface area contributed by atoms with Crippen molar-refractivity contribution < 1.29 is 14.7 Å². The van der Waals surface area contributed by atoms with Gasteiger partial charge in [-0.25, -0.2) is 4.98 Å². The standard InChI is InChI=1S/C24H21N5O3S/c25-19-6-4-15(5-7-19)23(32)27-12-22(31)29-24-28-21(14-33-24)18-3-1-2-16(10-18)17-8-9-26-20(11-17)13-30/h1-11,14,30H,12-13,25H2,(H,27,32)(H,28,29,31). The Labute approximate surface area is 194 Å². The number of nitrogens with zero attached hydrogens (tertiary/aromatic N) is 2. The second-order valence-corrected chi connectivity index (χ2v) is 8.02. The van der Waals surface area contributed by atoms with Gasteiger partial charge in [0.25, 0.3) is 5.91 Å². The molecule has 0 saturated heterocycles. The van der Waals surface area contributed by atoms with Crippen molar-refractivity contribution in [2.75, 3.05) is 17.6 Å². The van der Waals surface area contributed by atoms with Crippen LogP contribution in [-0.2, 0) is 11.4 Å². The largest absolute Gasteiger partial charge is 0.399 e. The van der Waals surface area contributed by atoms with Crippen LogP contribution in [0.1, 0.15) is 16.1 Å². The highest BCUT2D eigenvalue weighted by Gasteiger charge is 2.11. The van der Waals surface area contributed by atoms with E-state index in [1.54, 1.807) is 30.5 Å². The Bertz CT molecular complexity index is 1290. The summed E-state index contributed by atoms with van der Waals surface area (Å²) in [5.41, 5.74) is 10.7. The van der Waals surface area contributed by atoms with Crippen molar-refractivity contribution in [3.8, 4) is 22.4 Å². The maximum absolute atomic E-state index is 12.2. The molecule has 0 radical (unpaired) electrons. The monoisotopic (exact) mass is 459 g/mol. The van der Waals surface area contributed by atoms with Gasteiger partial charge in [-0.05, 0) is 53.6 Å². The summed E-state index contributed by atoms with van der Waals surface area (Å²) in [5, 5.41) is 16.9. The summed E-state index contributed by atoms with van der Waals surface area (Å²) in [4.78, 5) is 33.0. The number of carbonyl (C=O) groups excluding carboxylic acids is 2. The third-order valence-corrected chi connectivity index (χ3v) is 5.56. The lowest BCUT2D eigenvalue weighted by atomic mass is 10.0. The molecular formula is C24H21N5O3S. The molecule has 4 rings (SSSR count). The van der Waals surface area contributed by atoms with Crippen LogP contribution in [0.15, 0.2) is 72.2 Å². The maximum atomic E-state index is 12.2. The number of nitrogens with two attached hydrogens (primary N) is 1. The van der Waals surface area contributed by atoms with Crippen LogP contribution in [0.4, 0.5) is 10.8 Å². The van der Waals surface area contributed by atoms with E-state index in [1.165, 1.54) is 11.3 Å². The molecule has 0 bridgehead atoms. The van der Waals surface area contributed by atoms with Gasteiger partial charge < -0.3 is 21.5 Å². The molecule has 9 heteroatoms. The van der Waals surface area contributed by atoms with E-state index in [-0.39, 0.29) is 25.0 Å². The number of pyridine rings is 1. The lowest BCUT2D eigenvalue weighted by molar-refractivity contribution is -0.115. The van der Waals surface area contributed by atoms with Gasteiger partial charge in [0.05, 0.1) is 24.5 Å². The van der Waals surface area contributed by atoms with Gasteiger partial charge in [-0.15, -0.1) is 11.3 Å². The molecule has 0 unspecified atom stereocenters. The number of hydrogen-bond acceptors (Lipinski definition) is 7.